The maximum atomic E-state index is 5.10. The van der Waals surface area contributed by atoms with Crippen molar-refractivity contribution in [2.45, 2.75) is 6.42 Å². The highest BCUT2D eigenvalue weighted by atomic mass is 16.5. The molecule has 0 radical (unpaired) electrons. The molecule has 0 atom stereocenters. The Balaban J connectivity index is 1.50. The van der Waals surface area contributed by atoms with Gasteiger partial charge in [-0.1, -0.05) is 18.2 Å². The number of benzene rings is 1. The highest BCUT2D eigenvalue weighted by Crippen LogP contribution is 2.21. The number of anilines is 2. The van der Waals surface area contributed by atoms with Crippen LogP contribution in [0.25, 0.3) is 22.1 Å². The quantitative estimate of drug-likeness (QED) is 0.416. The van der Waals surface area contributed by atoms with Crippen molar-refractivity contribution in [3.05, 3.63) is 42.4 Å². The molecule has 0 aliphatic rings. The van der Waals surface area contributed by atoms with Crippen molar-refractivity contribution in [1.29, 1.82) is 0 Å². The maximum Gasteiger partial charge on any atom is 0.226 e. The van der Waals surface area contributed by atoms with Gasteiger partial charge in [0.15, 0.2) is 17.0 Å². The summed E-state index contributed by atoms with van der Waals surface area (Å²) in [5, 5.41) is 7.87. The number of nitrogens with one attached hydrogen (secondary N) is 3. The van der Waals surface area contributed by atoms with Gasteiger partial charge in [-0.15, -0.1) is 0 Å². The van der Waals surface area contributed by atoms with Crippen LogP contribution in [0, 0.1) is 0 Å². The minimum absolute atomic E-state index is 0.589. The molecule has 4 aromatic rings. The van der Waals surface area contributed by atoms with E-state index >= 15 is 0 Å². The number of imidazole rings is 1. The fourth-order valence-electron chi connectivity index (χ4n) is 3.13. The van der Waals surface area contributed by atoms with E-state index in [1.165, 1.54) is 10.9 Å². The van der Waals surface area contributed by atoms with Gasteiger partial charge < -0.3 is 24.9 Å². The molecular weight excluding hydrogens is 342 g/mol. The van der Waals surface area contributed by atoms with Crippen molar-refractivity contribution in [2.75, 3.05) is 37.4 Å². The first-order valence-electron chi connectivity index (χ1n) is 8.97. The molecule has 0 saturated carbocycles. The Labute approximate surface area is 157 Å². The summed E-state index contributed by atoms with van der Waals surface area (Å²) in [6, 6.07) is 8.32. The summed E-state index contributed by atoms with van der Waals surface area (Å²) in [5.41, 5.74) is 3.98. The van der Waals surface area contributed by atoms with Crippen LogP contribution in [0.3, 0.4) is 0 Å². The summed E-state index contributed by atoms with van der Waals surface area (Å²) < 4.78 is 6.99. The summed E-state index contributed by atoms with van der Waals surface area (Å²) in [6.07, 6.45) is 4.69. The third-order valence-electron chi connectivity index (χ3n) is 4.51. The molecule has 0 aliphatic carbocycles. The fourth-order valence-corrected chi connectivity index (χ4v) is 3.13. The van der Waals surface area contributed by atoms with Gasteiger partial charge in [0.2, 0.25) is 5.95 Å². The van der Waals surface area contributed by atoms with Gasteiger partial charge in [0.05, 0.1) is 12.9 Å². The molecule has 3 aromatic heterocycles. The van der Waals surface area contributed by atoms with Gasteiger partial charge in [-0.3, -0.25) is 0 Å². The standard InChI is InChI=1S/C19H23N7O/c1-26-12-23-16-17(20-9-10-27-2)24-19(25-18(16)26)21-8-7-13-11-22-15-6-4-3-5-14(13)15/h3-6,11-12,22H,7-10H2,1-2H3,(H2,20,21,24,25). The van der Waals surface area contributed by atoms with E-state index in [2.05, 4.69) is 55.0 Å². The molecule has 3 heterocycles. The zero-order chi connectivity index (χ0) is 18.6. The number of hydrogen-bond acceptors (Lipinski definition) is 6. The lowest BCUT2D eigenvalue weighted by atomic mass is 10.1. The van der Waals surface area contributed by atoms with E-state index in [1.54, 1.807) is 13.4 Å². The molecule has 8 nitrogen and oxygen atoms in total. The lowest BCUT2D eigenvalue weighted by Gasteiger charge is -2.09. The number of ether oxygens (including phenoxy) is 1. The molecule has 140 valence electrons. The first-order chi connectivity index (χ1) is 13.3. The third-order valence-corrected chi connectivity index (χ3v) is 4.51. The van der Waals surface area contributed by atoms with Crippen molar-refractivity contribution in [1.82, 2.24) is 24.5 Å². The molecule has 0 saturated heterocycles. The fraction of sp³-hybridized carbons (Fsp3) is 0.316. The average molecular weight is 365 g/mol. The van der Waals surface area contributed by atoms with Crippen LogP contribution in [0.15, 0.2) is 36.8 Å². The monoisotopic (exact) mass is 365 g/mol. The summed E-state index contributed by atoms with van der Waals surface area (Å²) in [4.78, 5) is 16.9. The number of aryl methyl sites for hydroxylation is 1. The maximum absolute atomic E-state index is 5.10. The second-order valence-corrected chi connectivity index (χ2v) is 6.38. The molecular formula is C19H23N7O. The van der Waals surface area contributed by atoms with Crippen molar-refractivity contribution in [3.63, 3.8) is 0 Å². The van der Waals surface area contributed by atoms with E-state index in [0.717, 1.165) is 29.6 Å². The van der Waals surface area contributed by atoms with Gasteiger partial charge in [0, 0.05) is 44.3 Å². The van der Waals surface area contributed by atoms with Gasteiger partial charge in [0.25, 0.3) is 0 Å². The molecule has 0 fully saturated rings. The highest BCUT2D eigenvalue weighted by molar-refractivity contribution is 5.84. The van der Waals surface area contributed by atoms with Gasteiger partial charge in [-0.2, -0.15) is 9.97 Å². The Morgan fingerprint density at radius 1 is 1.15 bits per heavy atom. The van der Waals surface area contributed by atoms with Crippen LogP contribution in [-0.2, 0) is 18.2 Å². The largest absolute Gasteiger partial charge is 0.383 e. The average Bonchev–Trinajstić information content (AvgIpc) is 3.26. The normalized spacial score (nSPS) is 11.3. The Morgan fingerprint density at radius 2 is 2.04 bits per heavy atom. The van der Waals surface area contributed by atoms with Crippen LogP contribution < -0.4 is 10.6 Å². The van der Waals surface area contributed by atoms with Crippen LogP contribution in [0.1, 0.15) is 5.56 Å². The molecule has 0 amide bonds. The number of hydrogen-bond donors (Lipinski definition) is 3. The summed E-state index contributed by atoms with van der Waals surface area (Å²) >= 11 is 0. The van der Waals surface area contributed by atoms with Crippen LogP contribution in [0.4, 0.5) is 11.8 Å². The lowest BCUT2D eigenvalue weighted by molar-refractivity contribution is 0.210. The van der Waals surface area contributed by atoms with Crippen molar-refractivity contribution < 1.29 is 4.74 Å². The van der Waals surface area contributed by atoms with Crippen molar-refractivity contribution in [2.24, 2.45) is 7.05 Å². The summed E-state index contributed by atoms with van der Waals surface area (Å²) in [6.45, 7) is 2.00. The third kappa shape index (κ3) is 3.56. The summed E-state index contributed by atoms with van der Waals surface area (Å²) in [5.74, 6) is 1.30. The van der Waals surface area contributed by atoms with Crippen LogP contribution in [0.2, 0.25) is 0 Å². The van der Waals surface area contributed by atoms with Crippen molar-refractivity contribution >= 4 is 33.8 Å². The first kappa shape index (κ1) is 17.3. The zero-order valence-corrected chi connectivity index (χ0v) is 15.5. The second kappa shape index (κ2) is 7.63. The zero-order valence-electron chi connectivity index (χ0n) is 15.5. The first-order valence-corrected chi connectivity index (χ1v) is 8.97. The van der Waals surface area contributed by atoms with E-state index < -0.39 is 0 Å². The van der Waals surface area contributed by atoms with Crippen molar-refractivity contribution in [3.8, 4) is 0 Å². The Kier molecular flexibility index (Phi) is 4.88. The molecule has 0 unspecified atom stereocenters. The smallest absolute Gasteiger partial charge is 0.226 e. The molecule has 0 bridgehead atoms. The number of H-pyrrole nitrogens is 1. The summed E-state index contributed by atoms with van der Waals surface area (Å²) in [7, 11) is 3.60. The minimum Gasteiger partial charge on any atom is -0.383 e. The number of aromatic amines is 1. The Hall–Kier alpha value is -3.13. The molecule has 1 aromatic carbocycles. The number of para-hydroxylation sites is 1. The van der Waals surface area contributed by atoms with Crippen LogP contribution >= 0.6 is 0 Å². The van der Waals surface area contributed by atoms with Gasteiger partial charge >= 0.3 is 0 Å². The Bertz CT molecular complexity index is 1050. The molecule has 0 spiro atoms. The van der Waals surface area contributed by atoms with Crippen LogP contribution in [0.5, 0.6) is 0 Å². The number of fused-ring (bicyclic) bond motifs is 2. The van der Waals surface area contributed by atoms with E-state index in [-0.39, 0.29) is 0 Å². The van der Waals surface area contributed by atoms with Gasteiger partial charge in [0.1, 0.15) is 0 Å². The van der Waals surface area contributed by atoms with E-state index in [9.17, 15) is 0 Å². The SMILES string of the molecule is COCCNc1nc(NCCc2c[nH]c3ccccc23)nc2c1ncn2C. The van der Waals surface area contributed by atoms with E-state index in [1.807, 2.05) is 17.7 Å². The molecule has 8 heteroatoms. The van der Waals surface area contributed by atoms with Crippen LogP contribution in [-0.4, -0.2) is 51.3 Å². The Morgan fingerprint density at radius 3 is 2.93 bits per heavy atom. The number of nitrogens with zero attached hydrogens (tertiary/aromatic N) is 4. The topological polar surface area (TPSA) is 92.7 Å². The molecule has 27 heavy (non-hydrogen) atoms. The number of aromatic nitrogens is 5. The van der Waals surface area contributed by atoms with Gasteiger partial charge in [-0.25, -0.2) is 4.98 Å². The number of rotatable bonds is 8. The number of methoxy groups -OCH3 is 1. The molecule has 3 N–H and O–H groups in total. The molecule has 0 aliphatic heterocycles. The lowest BCUT2D eigenvalue weighted by Crippen LogP contribution is -2.13. The van der Waals surface area contributed by atoms with E-state index in [4.69, 9.17) is 4.74 Å². The van der Waals surface area contributed by atoms with Gasteiger partial charge in [-0.05, 0) is 18.1 Å². The predicted molar refractivity (Wildman–Crippen MR) is 107 cm³/mol. The second-order valence-electron chi connectivity index (χ2n) is 6.38. The predicted octanol–water partition coefficient (Wildman–Crippen LogP) is 2.56. The highest BCUT2D eigenvalue weighted by Gasteiger charge is 2.12. The minimum atomic E-state index is 0.589. The molecule has 4 rings (SSSR count). The van der Waals surface area contributed by atoms with E-state index in [0.29, 0.717) is 24.9 Å².